The van der Waals surface area contributed by atoms with Crippen LogP contribution in [0.15, 0.2) is 59.5 Å². The van der Waals surface area contributed by atoms with Gasteiger partial charge in [-0.05, 0) is 35.4 Å². The lowest BCUT2D eigenvalue weighted by molar-refractivity contribution is 0.0744. The van der Waals surface area contributed by atoms with Gasteiger partial charge in [-0.25, -0.2) is 9.49 Å². The number of aromatic amines is 1. The van der Waals surface area contributed by atoms with Crippen LogP contribution in [0.4, 0.5) is 4.39 Å². The number of nitrogens with zero attached hydrogens (tertiary/aromatic N) is 3. The molecule has 2 aromatic heterocycles. The molecule has 0 aliphatic carbocycles. The normalized spacial score (nSPS) is 13.1. The van der Waals surface area contributed by atoms with Crippen LogP contribution in [0, 0.1) is 5.82 Å². The van der Waals surface area contributed by atoms with E-state index in [9.17, 15) is 14.0 Å². The van der Waals surface area contributed by atoms with Crippen LogP contribution < -0.4 is 5.56 Å². The van der Waals surface area contributed by atoms with E-state index >= 15 is 0 Å². The van der Waals surface area contributed by atoms with Crippen molar-refractivity contribution in [1.29, 1.82) is 0 Å². The zero-order valence-electron chi connectivity index (χ0n) is 16.4. The van der Waals surface area contributed by atoms with Crippen molar-refractivity contribution < 1.29 is 9.18 Å². The molecule has 0 fully saturated rings. The number of nitrogens with one attached hydrogen (secondary N) is 1. The summed E-state index contributed by atoms with van der Waals surface area (Å²) in [7, 11) is 1.94. The van der Waals surface area contributed by atoms with E-state index in [2.05, 4.69) is 10.2 Å². The summed E-state index contributed by atoms with van der Waals surface area (Å²) in [5, 5.41) is 7.98. The number of fused-ring (bicyclic) bond motifs is 2. The Balaban J connectivity index is 1.45. The lowest BCUT2D eigenvalue weighted by Gasteiger charge is -2.17. The number of halogens is 1. The Morgan fingerprint density at radius 3 is 2.73 bits per heavy atom. The van der Waals surface area contributed by atoms with E-state index in [0.717, 1.165) is 22.2 Å². The molecule has 0 bridgehead atoms. The molecule has 30 heavy (non-hydrogen) atoms. The molecule has 4 aromatic rings. The van der Waals surface area contributed by atoms with E-state index in [-0.39, 0.29) is 17.0 Å². The lowest BCUT2D eigenvalue weighted by atomic mass is 10.0. The summed E-state index contributed by atoms with van der Waals surface area (Å²) in [6.45, 7) is 0.943. The first-order chi connectivity index (χ1) is 14.5. The smallest absolute Gasteiger partial charge is 0.272 e. The summed E-state index contributed by atoms with van der Waals surface area (Å²) >= 11 is 0. The molecule has 0 spiro atoms. The summed E-state index contributed by atoms with van der Waals surface area (Å²) in [4.78, 5) is 26.7. The summed E-state index contributed by atoms with van der Waals surface area (Å²) < 4.78 is 16.5. The van der Waals surface area contributed by atoms with Gasteiger partial charge in [0.2, 0.25) is 0 Å². The van der Waals surface area contributed by atoms with Crippen LogP contribution in [0.3, 0.4) is 0 Å². The molecule has 7 heteroatoms. The van der Waals surface area contributed by atoms with E-state index in [1.807, 2.05) is 36.0 Å². The maximum absolute atomic E-state index is 14.5. The highest BCUT2D eigenvalue weighted by Crippen LogP contribution is 2.26. The first-order valence-electron chi connectivity index (χ1n) is 9.68. The van der Waals surface area contributed by atoms with E-state index in [1.54, 1.807) is 29.2 Å². The number of amides is 1. The fourth-order valence-electron chi connectivity index (χ4n) is 4.07. The van der Waals surface area contributed by atoms with Crippen LogP contribution in [0.5, 0.6) is 0 Å². The minimum absolute atomic E-state index is 0.0500. The van der Waals surface area contributed by atoms with Crippen molar-refractivity contribution in [2.75, 3.05) is 0 Å². The van der Waals surface area contributed by atoms with Crippen molar-refractivity contribution in [2.45, 2.75) is 19.5 Å². The Morgan fingerprint density at radius 2 is 1.93 bits per heavy atom. The Kier molecular flexibility index (Phi) is 4.24. The molecule has 1 aliphatic heterocycles. The van der Waals surface area contributed by atoms with Gasteiger partial charge in [-0.1, -0.05) is 24.3 Å². The molecule has 0 unspecified atom stereocenters. The van der Waals surface area contributed by atoms with Crippen LogP contribution in [0.1, 0.15) is 32.9 Å². The second-order valence-electron chi connectivity index (χ2n) is 7.60. The number of hydrogen-bond donors (Lipinski definition) is 1. The Bertz CT molecular complexity index is 1360. The van der Waals surface area contributed by atoms with Gasteiger partial charge in [-0.3, -0.25) is 9.59 Å². The van der Waals surface area contributed by atoms with E-state index in [1.165, 1.54) is 6.07 Å². The van der Waals surface area contributed by atoms with Gasteiger partial charge < -0.3 is 9.47 Å². The second-order valence-corrected chi connectivity index (χ2v) is 7.60. The third-order valence-electron chi connectivity index (χ3n) is 5.69. The van der Waals surface area contributed by atoms with Crippen LogP contribution in [-0.2, 0) is 26.6 Å². The number of H-pyrrole nitrogens is 1. The SMILES string of the molecule is Cn1ccc2c1CN(C(=O)c1cc(Cc3n[nH]c(=O)c4ccccc34)ccc1F)C2. The van der Waals surface area contributed by atoms with Crippen molar-refractivity contribution in [1.82, 2.24) is 19.7 Å². The van der Waals surface area contributed by atoms with Crippen LogP contribution in [-0.4, -0.2) is 25.6 Å². The van der Waals surface area contributed by atoms with E-state index in [4.69, 9.17) is 0 Å². The first kappa shape index (κ1) is 18.3. The van der Waals surface area contributed by atoms with Gasteiger partial charge in [0, 0.05) is 37.3 Å². The summed E-state index contributed by atoms with van der Waals surface area (Å²) in [6, 6.07) is 13.8. The van der Waals surface area contributed by atoms with Gasteiger partial charge in [0.1, 0.15) is 5.82 Å². The third-order valence-corrected chi connectivity index (χ3v) is 5.69. The van der Waals surface area contributed by atoms with Gasteiger partial charge in [-0.15, -0.1) is 0 Å². The monoisotopic (exact) mass is 402 g/mol. The summed E-state index contributed by atoms with van der Waals surface area (Å²) in [5.41, 5.74) is 3.38. The number of aryl methyl sites for hydroxylation is 1. The number of hydrogen-bond acceptors (Lipinski definition) is 3. The second kappa shape index (κ2) is 6.95. The van der Waals surface area contributed by atoms with Gasteiger partial charge in [-0.2, -0.15) is 5.10 Å². The van der Waals surface area contributed by atoms with Gasteiger partial charge in [0.25, 0.3) is 11.5 Å². The fourth-order valence-corrected chi connectivity index (χ4v) is 4.07. The minimum atomic E-state index is -0.543. The average Bonchev–Trinajstić information content (AvgIpc) is 3.33. The molecule has 0 atom stereocenters. The predicted molar refractivity (Wildman–Crippen MR) is 111 cm³/mol. The summed E-state index contributed by atoms with van der Waals surface area (Å²) in [5.74, 6) is -0.871. The van der Waals surface area contributed by atoms with Crippen LogP contribution in [0.2, 0.25) is 0 Å². The third kappa shape index (κ3) is 2.99. The van der Waals surface area contributed by atoms with Gasteiger partial charge in [0.05, 0.1) is 23.2 Å². The molecule has 150 valence electrons. The number of carbonyl (C=O) groups excluding carboxylic acids is 1. The first-order valence-corrected chi connectivity index (χ1v) is 9.68. The Hall–Kier alpha value is -3.74. The highest BCUT2D eigenvalue weighted by atomic mass is 19.1. The average molecular weight is 402 g/mol. The molecule has 6 nitrogen and oxygen atoms in total. The number of carbonyl (C=O) groups is 1. The Morgan fingerprint density at radius 1 is 1.13 bits per heavy atom. The zero-order valence-corrected chi connectivity index (χ0v) is 16.4. The van der Waals surface area contributed by atoms with Crippen molar-refractivity contribution in [3.05, 3.63) is 99.0 Å². The molecule has 2 aromatic carbocycles. The maximum atomic E-state index is 14.5. The van der Waals surface area contributed by atoms with Crippen LogP contribution >= 0.6 is 0 Å². The fraction of sp³-hybridized carbons (Fsp3) is 0.174. The molecule has 1 aliphatic rings. The molecule has 0 radical (unpaired) electrons. The molecule has 5 rings (SSSR count). The number of aromatic nitrogens is 3. The standard InChI is InChI=1S/C23H19FN4O2/c1-27-9-8-15-12-28(13-21(15)27)23(30)18-10-14(6-7-19(18)24)11-20-16-4-2-3-5-17(16)22(29)26-25-20/h2-10H,11-13H2,1H3,(H,26,29). The quantitative estimate of drug-likeness (QED) is 0.572. The molecule has 1 N–H and O–H groups in total. The summed E-state index contributed by atoms with van der Waals surface area (Å²) in [6.07, 6.45) is 2.34. The predicted octanol–water partition coefficient (Wildman–Crippen LogP) is 3.15. The molecular formula is C23H19FN4O2. The van der Waals surface area contributed by atoms with Gasteiger partial charge in [0.15, 0.2) is 0 Å². The van der Waals surface area contributed by atoms with Crippen molar-refractivity contribution in [3.8, 4) is 0 Å². The molecule has 0 saturated carbocycles. The zero-order chi connectivity index (χ0) is 20.8. The molecular weight excluding hydrogens is 383 g/mol. The van der Waals surface area contributed by atoms with Gasteiger partial charge >= 0.3 is 0 Å². The highest BCUT2D eigenvalue weighted by molar-refractivity contribution is 5.95. The highest BCUT2D eigenvalue weighted by Gasteiger charge is 2.28. The van der Waals surface area contributed by atoms with E-state index < -0.39 is 5.82 Å². The molecule has 3 heterocycles. The van der Waals surface area contributed by atoms with Crippen LogP contribution in [0.25, 0.3) is 10.8 Å². The van der Waals surface area contributed by atoms with Crippen molar-refractivity contribution in [3.63, 3.8) is 0 Å². The maximum Gasteiger partial charge on any atom is 0.272 e. The topological polar surface area (TPSA) is 71.0 Å². The molecule has 0 saturated heterocycles. The number of rotatable bonds is 3. The largest absolute Gasteiger partial charge is 0.353 e. The van der Waals surface area contributed by atoms with Crippen molar-refractivity contribution >= 4 is 16.7 Å². The van der Waals surface area contributed by atoms with E-state index in [0.29, 0.717) is 30.6 Å². The molecule has 1 amide bonds. The Labute approximate surface area is 171 Å². The minimum Gasteiger partial charge on any atom is -0.353 e. The number of benzene rings is 2. The van der Waals surface area contributed by atoms with Crippen molar-refractivity contribution in [2.24, 2.45) is 7.05 Å². The lowest BCUT2D eigenvalue weighted by Crippen LogP contribution is -2.27.